The Morgan fingerprint density at radius 2 is 1.79 bits per heavy atom. The fraction of sp³-hybridized carbons (Fsp3) is 0.300. The fourth-order valence-corrected chi connectivity index (χ4v) is 1.22. The van der Waals surface area contributed by atoms with Gasteiger partial charge in [0.05, 0.1) is 12.7 Å². The van der Waals surface area contributed by atoms with Crippen LogP contribution in [0.1, 0.15) is 26.7 Å². The van der Waals surface area contributed by atoms with E-state index in [9.17, 15) is 14.7 Å². The molecule has 0 aromatic carbocycles. The minimum absolute atomic E-state index is 0.240. The lowest BCUT2D eigenvalue weighted by Gasteiger charge is -2.04. The van der Waals surface area contributed by atoms with Gasteiger partial charge in [0.25, 0.3) is 0 Å². The minimum atomic E-state index is -0.793. The zero-order chi connectivity index (χ0) is 18.0. The number of ketones is 1. The second kappa shape index (κ2) is 14.7. The first kappa shape index (κ1) is 20.8. The summed E-state index contributed by atoms with van der Waals surface area (Å²) in [5.74, 6) is 18.9. The molecule has 1 unspecified atom stereocenters. The summed E-state index contributed by atoms with van der Waals surface area (Å²) < 4.78 is 4.73. The van der Waals surface area contributed by atoms with Crippen LogP contribution in [-0.2, 0) is 14.3 Å². The fourth-order valence-electron chi connectivity index (χ4n) is 1.22. The maximum Gasteiger partial charge on any atom is 0.302 e. The molecule has 0 bridgehead atoms. The van der Waals surface area contributed by atoms with Crippen molar-refractivity contribution in [3.8, 4) is 47.4 Å². The highest BCUT2D eigenvalue weighted by atomic mass is 16.5. The van der Waals surface area contributed by atoms with Crippen LogP contribution in [0.4, 0.5) is 0 Å². The van der Waals surface area contributed by atoms with Gasteiger partial charge in [-0.25, -0.2) is 0 Å². The quantitative estimate of drug-likeness (QED) is 0.264. The monoisotopic (exact) mass is 322 g/mol. The van der Waals surface area contributed by atoms with E-state index >= 15 is 0 Å². The molecule has 1 atom stereocenters. The first-order valence-corrected chi connectivity index (χ1v) is 7.22. The number of aliphatic hydroxyl groups is 1. The van der Waals surface area contributed by atoms with Crippen molar-refractivity contribution in [3.05, 3.63) is 24.3 Å². The van der Waals surface area contributed by atoms with E-state index in [0.717, 1.165) is 0 Å². The van der Waals surface area contributed by atoms with Crippen LogP contribution in [0.2, 0.25) is 0 Å². The predicted molar refractivity (Wildman–Crippen MR) is 91.9 cm³/mol. The lowest BCUT2D eigenvalue weighted by molar-refractivity contribution is -0.141. The minimum Gasteiger partial charge on any atom is -0.466 e. The van der Waals surface area contributed by atoms with Crippen LogP contribution >= 0.6 is 0 Å². The first-order chi connectivity index (χ1) is 11.6. The maximum atomic E-state index is 11.4. The summed E-state index contributed by atoms with van der Waals surface area (Å²) in [5, 5.41) is 9.60. The molecule has 1 N–H and O–H groups in total. The van der Waals surface area contributed by atoms with Gasteiger partial charge in [-0.3, -0.25) is 9.59 Å². The van der Waals surface area contributed by atoms with Crippen molar-refractivity contribution < 1.29 is 19.4 Å². The Bertz CT molecular complexity index is 725. The van der Waals surface area contributed by atoms with Gasteiger partial charge in [0, 0.05) is 6.92 Å². The van der Waals surface area contributed by atoms with Crippen LogP contribution in [0.15, 0.2) is 24.3 Å². The second-order valence-electron chi connectivity index (χ2n) is 4.29. The van der Waals surface area contributed by atoms with E-state index < -0.39 is 11.9 Å². The summed E-state index contributed by atoms with van der Waals surface area (Å²) >= 11 is 0. The van der Waals surface area contributed by atoms with Gasteiger partial charge in [0.2, 0.25) is 5.78 Å². The van der Waals surface area contributed by atoms with Crippen LogP contribution < -0.4 is 0 Å². The molecule has 0 aromatic heterocycles. The largest absolute Gasteiger partial charge is 0.466 e. The molecule has 0 aliphatic carbocycles. The van der Waals surface area contributed by atoms with Gasteiger partial charge in [-0.2, -0.15) is 0 Å². The summed E-state index contributed by atoms with van der Waals surface area (Å²) in [7, 11) is 0. The number of ether oxygens (including phenoxy) is 1. The van der Waals surface area contributed by atoms with E-state index in [0.29, 0.717) is 12.8 Å². The number of hydrogen-bond donors (Lipinski definition) is 1. The van der Waals surface area contributed by atoms with E-state index in [1.54, 1.807) is 12.2 Å². The number of hydrogen-bond acceptors (Lipinski definition) is 4. The van der Waals surface area contributed by atoms with E-state index in [1.165, 1.54) is 19.1 Å². The third kappa shape index (κ3) is 15.2. The van der Waals surface area contributed by atoms with Gasteiger partial charge < -0.3 is 9.84 Å². The molecule has 0 spiro atoms. The normalized spacial score (nSPS) is 10.1. The van der Waals surface area contributed by atoms with Crippen molar-refractivity contribution in [1.82, 2.24) is 0 Å². The Hall–Kier alpha value is -3.18. The third-order valence-corrected chi connectivity index (χ3v) is 2.24. The van der Waals surface area contributed by atoms with Crippen LogP contribution in [0, 0.1) is 47.4 Å². The van der Waals surface area contributed by atoms with Gasteiger partial charge in [0.1, 0.15) is 0 Å². The van der Waals surface area contributed by atoms with E-state index in [4.69, 9.17) is 4.74 Å². The summed E-state index contributed by atoms with van der Waals surface area (Å²) in [6.07, 6.45) is 6.08. The third-order valence-electron chi connectivity index (χ3n) is 2.24. The molecule has 0 aromatic rings. The molecule has 0 saturated carbocycles. The van der Waals surface area contributed by atoms with Crippen molar-refractivity contribution in [1.29, 1.82) is 0 Å². The molecular formula is C20H18O4. The Balaban J connectivity index is 4.18. The zero-order valence-corrected chi connectivity index (χ0v) is 13.7. The highest BCUT2D eigenvalue weighted by Gasteiger charge is 2.01. The van der Waals surface area contributed by atoms with Crippen molar-refractivity contribution in [2.75, 3.05) is 6.61 Å². The van der Waals surface area contributed by atoms with Crippen molar-refractivity contribution in [2.45, 2.75) is 32.8 Å². The van der Waals surface area contributed by atoms with Gasteiger partial charge >= 0.3 is 5.97 Å². The van der Waals surface area contributed by atoms with Gasteiger partial charge in [0.15, 0.2) is 0 Å². The average Bonchev–Trinajstić information content (AvgIpc) is 2.55. The highest BCUT2D eigenvalue weighted by Crippen LogP contribution is 1.99. The summed E-state index contributed by atoms with van der Waals surface area (Å²) in [5.41, 5.74) is 0. The maximum absolute atomic E-state index is 11.4. The molecule has 0 fully saturated rings. The first-order valence-electron chi connectivity index (χ1n) is 7.22. The van der Waals surface area contributed by atoms with Crippen LogP contribution in [0.3, 0.4) is 0 Å². The van der Waals surface area contributed by atoms with E-state index in [1.807, 2.05) is 6.92 Å². The number of rotatable bonds is 6. The number of carbonyl (C=O) groups is 2. The Labute approximate surface area is 143 Å². The molecule has 0 radical (unpaired) electrons. The molecule has 0 aliphatic rings. The standard InChI is InChI=1S/C20H18O4/c1-3-4-5-6-7-8-9-10-11-13-19(22)15-16-20(23)14-12-17-24-18(2)21/h3-4,15-16,20,23H,12,14,17H2,1-2H3. The molecule has 4 nitrogen and oxygen atoms in total. The molecule has 0 saturated heterocycles. The Morgan fingerprint density at radius 1 is 1.12 bits per heavy atom. The van der Waals surface area contributed by atoms with E-state index in [2.05, 4.69) is 47.4 Å². The van der Waals surface area contributed by atoms with Gasteiger partial charge in [-0.05, 0) is 73.4 Å². The molecule has 122 valence electrons. The Kier molecular flexibility index (Phi) is 12.8. The Morgan fingerprint density at radius 3 is 2.46 bits per heavy atom. The summed E-state index contributed by atoms with van der Waals surface area (Å²) in [6.45, 7) is 3.41. The van der Waals surface area contributed by atoms with Crippen molar-refractivity contribution in [2.24, 2.45) is 0 Å². The van der Waals surface area contributed by atoms with Gasteiger partial charge in [-0.1, -0.05) is 18.1 Å². The van der Waals surface area contributed by atoms with E-state index in [-0.39, 0.29) is 12.6 Å². The number of esters is 1. The number of allylic oxidation sites excluding steroid dienone is 3. The number of carbonyl (C=O) groups excluding carboxylic acids is 2. The van der Waals surface area contributed by atoms with Crippen molar-refractivity contribution >= 4 is 11.8 Å². The molecule has 4 heteroatoms. The molecule has 24 heavy (non-hydrogen) atoms. The van der Waals surface area contributed by atoms with Crippen LogP contribution in [-0.4, -0.2) is 29.6 Å². The molecule has 0 amide bonds. The second-order valence-corrected chi connectivity index (χ2v) is 4.29. The zero-order valence-electron chi connectivity index (χ0n) is 13.7. The van der Waals surface area contributed by atoms with Crippen molar-refractivity contribution in [3.63, 3.8) is 0 Å². The van der Waals surface area contributed by atoms with Gasteiger partial charge in [-0.15, -0.1) is 0 Å². The topological polar surface area (TPSA) is 63.6 Å². The molecule has 0 heterocycles. The molecule has 0 aliphatic heterocycles. The van der Waals surface area contributed by atoms with Crippen LogP contribution in [0.25, 0.3) is 0 Å². The molecular weight excluding hydrogens is 304 g/mol. The molecule has 0 rings (SSSR count). The summed E-state index contributed by atoms with van der Waals surface area (Å²) in [4.78, 5) is 21.9. The number of aliphatic hydroxyl groups excluding tert-OH is 1. The highest BCUT2D eigenvalue weighted by molar-refractivity contribution is 6.04. The smallest absolute Gasteiger partial charge is 0.302 e. The van der Waals surface area contributed by atoms with Crippen LogP contribution in [0.5, 0.6) is 0 Å². The summed E-state index contributed by atoms with van der Waals surface area (Å²) in [6, 6.07) is 0. The SMILES string of the molecule is CC=CC#CC#CC#CC#CC(=O)C=CC(O)CCCOC(C)=O. The average molecular weight is 322 g/mol. The predicted octanol–water partition coefficient (Wildman–Crippen LogP) is 1.41. The lowest BCUT2D eigenvalue weighted by atomic mass is 10.2. The lowest BCUT2D eigenvalue weighted by Crippen LogP contribution is -2.07.